The number of carbonyl (C=O) groups is 1. The molecule has 14 heavy (non-hydrogen) atoms. The van der Waals surface area contributed by atoms with Gasteiger partial charge in [-0.15, -0.1) is 11.3 Å². The third kappa shape index (κ3) is 2.82. The lowest BCUT2D eigenvalue weighted by Gasteiger charge is -2.10. The van der Waals surface area contributed by atoms with E-state index in [-0.39, 0.29) is 0 Å². The van der Waals surface area contributed by atoms with E-state index in [4.69, 9.17) is 5.11 Å². The van der Waals surface area contributed by atoms with Crippen LogP contribution in [0.2, 0.25) is 0 Å². The second-order valence-electron chi connectivity index (χ2n) is 3.27. The number of thiophene rings is 1. The normalized spacial score (nSPS) is 12.7. The van der Waals surface area contributed by atoms with Gasteiger partial charge < -0.3 is 10.4 Å². The fourth-order valence-corrected chi connectivity index (χ4v) is 1.85. The van der Waals surface area contributed by atoms with Gasteiger partial charge in [-0.05, 0) is 30.4 Å². The van der Waals surface area contributed by atoms with Crippen LogP contribution in [0.15, 0.2) is 11.4 Å². The molecule has 78 valence electrons. The van der Waals surface area contributed by atoms with Crippen molar-refractivity contribution in [3.63, 3.8) is 0 Å². The van der Waals surface area contributed by atoms with Crippen molar-refractivity contribution in [3.8, 4) is 0 Å². The Morgan fingerprint density at radius 1 is 1.71 bits per heavy atom. The lowest BCUT2D eigenvalue weighted by atomic mass is 10.2. The molecule has 0 saturated carbocycles. The van der Waals surface area contributed by atoms with Crippen molar-refractivity contribution in [1.82, 2.24) is 5.32 Å². The number of nitrogens with one attached hydrogen (secondary N) is 1. The minimum Gasteiger partial charge on any atom is -0.477 e. The third-order valence-electron chi connectivity index (χ3n) is 2.19. The maximum absolute atomic E-state index is 10.8. The largest absolute Gasteiger partial charge is 0.477 e. The van der Waals surface area contributed by atoms with Crippen molar-refractivity contribution in [2.24, 2.45) is 0 Å². The molecule has 3 nitrogen and oxygen atoms in total. The predicted octanol–water partition coefficient (Wildman–Crippen LogP) is 2.33. The summed E-state index contributed by atoms with van der Waals surface area (Å²) in [6.07, 6.45) is 1.05. The molecule has 1 aromatic rings. The Morgan fingerprint density at radius 3 is 3.00 bits per heavy atom. The molecule has 0 aromatic carbocycles. The number of rotatable bonds is 5. The molecular formula is C10H15NO2S. The molecule has 0 aliphatic heterocycles. The van der Waals surface area contributed by atoms with Gasteiger partial charge in [0.15, 0.2) is 0 Å². The highest BCUT2D eigenvalue weighted by molar-refractivity contribution is 7.12. The smallest absolute Gasteiger partial charge is 0.346 e. The number of carboxylic acids is 1. The van der Waals surface area contributed by atoms with E-state index in [1.54, 1.807) is 0 Å². The SMILES string of the molecule is CCC(C)NCc1ccsc1C(=O)O. The van der Waals surface area contributed by atoms with Gasteiger partial charge >= 0.3 is 5.97 Å². The molecular weight excluding hydrogens is 198 g/mol. The summed E-state index contributed by atoms with van der Waals surface area (Å²) < 4.78 is 0. The Balaban J connectivity index is 2.58. The second-order valence-corrected chi connectivity index (χ2v) is 4.19. The first-order chi connectivity index (χ1) is 6.65. The van der Waals surface area contributed by atoms with Gasteiger partial charge in [0.2, 0.25) is 0 Å². The average molecular weight is 213 g/mol. The van der Waals surface area contributed by atoms with Gasteiger partial charge in [-0.1, -0.05) is 6.92 Å². The summed E-state index contributed by atoms with van der Waals surface area (Å²) in [6.45, 7) is 4.83. The molecule has 0 spiro atoms. The minimum absolute atomic E-state index is 0.427. The summed E-state index contributed by atoms with van der Waals surface area (Å²) in [5.74, 6) is -0.832. The highest BCUT2D eigenvalue weighted by Crippen LogP contribution is 2.16. The Kier molecular flexibility index (Phi) is 4.10. The van der Waals surface area contributed by atoms with E-state index in [0.29, 0.717) is 17.5 Å². The second kappa shape index (κ2) is 5.12. The van der Waals surface area contributed by atoms with Gasteiger partial charge in [-0.3, -0.25) is 0 Å². The van der Waals surface area contributed by atoms with Crippen LogP contribution in [0.5, 0.6) is 0 Å². The molecule has 2 N–H and O–H groups in total. The van der Waals surface area contributed by atoms with Crippen LogP contribution in [-0.4, -0.2) is 17.1 Å². The van der Waals surface area contributed by atoms with E-state index >= 15 is 0 Å². The minimum atomic E-state index is -0.832. The van der Waals surface area contributed by atoms with E-state index in [2.05, 4.69) is 19.2 Å². The molecule has 1 rings (SSSR count). The van der Waals surface area contributed by atoms with Crippen LogP contribution in [0.1, 0.15) is 35.5 Å². The van der Waals surface area contributed by atoms with E-state index in [1.165, 1.54) is 11.3 Å². The topological polar surface area (TPSA) is 49.3 Å². The van der Waals surface area contributed by atoms with Crippen LogP contribution in [0.4, 0.5) is 0 Å². The van der Waals surface area contributed by atoms with Crippen LogP contribution in [-0.2, 0) is 6.54 Å². The van der Waals surface area contributed by atoms with E-state index in [9.17, 15) is 4.79 Å². The van der Waals surface area contributed by atoms with Crippen LogP contribution >= 0.6 is 11.3 Å². The summed E-state index contributed by atoms with van der Waals surface area (Å²) in [5, 5.41) is 13.9. The fraction of sp³-hybridized carbons (Fsp3) is 0.500. The molecule has 0 radical (unpaired) electrons. The predicted molar refractivity (Wildman–Crippen MR) is 57.9 cm³/mol. The fourth-order valence-electron chi connectivity index (χ4n) is 1.09. The molecule has 0 fully saturated rings. The summed E-state index contributed by atoms with van der Waals surface area (Å²) in [4.78, 5) is 11.2. The standard InChI is InChI=1S/C10H15NO2S/c1-3-7(2)11-6-8-4-5-14-9(8)10(12)13/h4-5,7,11H,3,6H2,1-2H3,(H,12,13). The Morgan fingerprint density at radius 2 is 2.43 bits per heavy atom. The number of hydrogen-bond donors (Lipinski definition) is 2. The highest BCUT2D eigenvalue weighted by atomic mass is 32.1. The van der Waals surface area contributed by atoms with Gasteiger partial charge in [-0.25, -0.2) is 4.79 Å². The molecule has 0 saturated heterocycles. The first kappa shape index (κ1) is 11.2. The Labute approximate surface area is 87.8 Å². The van der Waals surface area contributed by atoms with Gasteiger partial charge in [0.25, 0.3) is 0 Å². The molecule has 0 bridgehead atoms. The summed E-state index contributed by atoms with van der Waals surface area (Å²) in [5.41, 5.74) is 0.878. The summed E-state index contributed by atoms with van der Waals surface area (Å²) >= 11 is 1.28. The zero-order chi connectivity index (χ0) is 10.6. The lowest BCUT2D eigenvalue weighted by molar-refractivity contribution is 0.0701. The summed E-state index contributed by atoms with van der Waals surface area (Å²) in [7, 11) is 0. The first-order valence-corrected chi connectivity index (χ1v) is 5.56. The molecule has 0 aliphatic carbocycles. The van der Waals surface area contributed by atoms with Crippen LogP contribution in [0.25, 0.3) is 0 Å². The van der Waals surface area contributed by atoms with Gasteiger partial charge in [-0.2, -0.15) is 0 Å². The molecule has 4 heteroatoms. The van der Waals surface area contributed by atoms with Crippen molar-refractivity contribution < 1.29 is 9.90 Å². The number of carboxylic acid groups (broad SMARTS) is 1. The molecule has 1 heterocycles. The molecule has 1 atom stereocenters. The molecule has 1 aromatic heterocycles. The van der Waals surface area contributed by atoms with Gasteiger partial charge in [0.05, 0.1) is 0 Å². The third-order valence-corrected chi connectivity index (χ3v) is 3.14. The Bertz CT molecular complexity index is 309. The van der Waals surface area contributed by atoms with Gasteiger partial charge in [0.1, 0.15) is 4.88 Å². The Hall–Kier alpha value is -0.870. The van der Waals surface area contributed by atoms with Crippen LogP contribution < -0.4 is 5.32 Å². The monoisotopic (exact) mass is 213 g/mol. The zero-order valence-corrected chi connectivity index (χ0v) is 9.23. The van der Waals surface area contributed by atoms with Crippen LogP contribution in [0, 0.1) is 0 Å². The molecule has 0 aliphatic rings. The van der Waals surface area contributed by atoms with E-state index in [1.807, 2.05) is 11.4 Å². The highest BCUT2D eigenvalue weighted by Gasteiger charge is 2.11. The van der Waals surface area contributed by atoms with Crippen molar-refractivity contribution in [2.45, 2.75) is 32.9 Å². The first-order valence-electron chi connectivity index (χ1n) is 4.68. The van der Waals surface area contributed by atoms with Crippen molar-refractivity contribution >= 4 is 17.3 Å². The van der Waals surface area contributed by atoms with Crippen LogP contribution in [0.3, 0.4) is 0 Å². The zero-order valence-electron chi connectivity index (χ0n) is 8.41. The summed E-state index contributed by atoms with van der Waals surface area (Å²) in [6, 6.07) is 2.29. The maximum atomic E-state index is 10.8. The molecule has 0 amide bonds. The quantitative estimate of drug-likeness (QED) is 0.789. The van der Waals surface area contributed by atoms with E-state index in [0.717, 1.165) is 12.0 Å². The van der Waals surface area contributed by atoms with Gasteiger partial charge in [0, 0.05) is 12.6 Å². The van der Waals surface area contributed by atoms with Crippen molar-refractivity contribution in [3.05, 3.63) is 21.9 Å². The lowest BCUT2D eigenvalue weighted by Crippen LogP contribution is -2.24. The maximum Gasteiger partial charge on any atom is 0.346 e. The average Bonchev–Trinajstić information content (AvgIpc) is 2.62. The number of aromatic carboxylic acids is 1. The van der Waals surface area contributed by atoms with Crippen molar-refractivity contribution in [2.75, 3.05) is 0 Å². The molecule has 1 unspecified atom stereocenters. The number of hydrogen-bond acceptors (Lipinski definition) is 3. The van der Waals surface area contributed by atoms with E-state index < -0.39 is 5.97 Å². The van der Waals surface area contributed by atoms with Crippen molar-refractivity contribution in [1.29, 1.82) is 0 Å².